The highest BCUT2D eigenvalue weighted by Crippen LogP contribution is 2.43. The summed E-state index contributed by atoms with van der Waals surface area (Å²) >= 11 is 0. The third-order valence-corrected chi connectivity index (χ3v) is 12.0. The first-order chi connectivity index (χ1) is 30.8. The Hall–Kier alpha value is -8.41. The van der Waals surface area contributed by atoms with E-state index in [2.05, 4.69) is 209 Å². The Morgan fingerprint density at radius 3 is 1.21 bits per heavy atom. The lowest BCUT2D eigenvalue weighted by molar-refractivity contribution is 0.953. The average Bonchev–Trinajstić information content (AvgIpc) is 3.88. The lowest BCUT2D eigenvalue weighted by Gasteiger charge is -2.16. The van der Waals surface area contributed by atoms with Crippen molar-refractivity contribution in [2.75, 3.05) is 0 Å². The molecule has 0 aliphatic carbocycles. The van der Waals surface area contributed by atoms with Gasteiger partial charge in [0.15, 0.2) is 11.6 Å². The first-order valence-corrected chi connectivity index (χ1v) is 21.0. The van der Waals surface area contributed by atoms with Crippen LogP contribution in [-0.4, -0.2) is 24.1 Å². The lowest BCUT2D eigenvalue weighted by atomic mass is 9.99. The zero-order chi connectivity index (χ0) is 41.0. The highest BCUT2D eigenvalue weighted by Gasteiger charge is 2.24. The van der Waals surface area contributed by atoms with Crippen LogP contribution in [0.1, 0.15) is 0 Å². The Labute approximate surface area is 358 Å². The van der Waals surface area contributed by atoms with Gasteiger partial charge in [0, 0.05) is 38.2 Å². The van der Waals surface area contributed by atoms with Gasteiger partial charge in [0.25, 0.3) is 0 Å². The summed E-state index contributed by atoms with van der Waals surface area (Å²) in [6.45, 7) is 0. The van der Waals surface area contributed by atoms with Crippen molar-refractivity contribution < 1.29 is 0 Å². The molecule has 9 aromatic carbocycles. The molecule has 0 amide bonds. The van der Waals surface area contributed by atoms with Crippen molar-refractivity contribution in [2.45, 2.75) is 0 Å². The van der Waals surface area contributed by atoms with Crippen LogP contribution >= 0.6 is 0 Å². The summed E-state index contributed by atoms with van der Waals surface area (Å²) in [6, 6.07) is 79.3. The SMILES string of the molecule is c1ccc(-c2ccc(-c3nc(-c4ccccc4)nc(-n4c5ccccc5c5ccc6c7ccccc7n(-c7ccccc7-c7ccc(-c8ccccc8)cc7)c6c54)n3)cc2)cc1. The third-order valence-electron chi connectivity index (χ3n) is 12.0. The fraction of sp³-hybridized carbons (Fsp3) is 0. The Kier molecular flexibility index (Phi) is 8.42. The second-order valence-electron chi connectivity index (χ2n) is 15.6. The molecule has 0 unspecified atom stereocenters. The van der Waals surface area contributed by atoms with Crippen molar-refractivity contribution in [3.63, 3.8) is 0 Å². The van der Waals surface area contributed by atoms with Crippen LogP contribution in [0.5, 0.6) is 0 Å². The van der Waals surface area contributed by atoms with Gasteiger partial charge in [-0.1, -0.05) is 206 Å². The molecule has 0 spiro atoms. The van der Waals surface area contributed by atoms with E-state index in [1.54, 1.807) is 0 Å². The minimum atomic E-state index is 0.557. The molecule has 5 nitrogen and oxygen atoms in total. The number of rotatable bonds is 7. The molecule has 12 rings (SSSR count). The first kappa shape index (κ1) is 35.5. The van der Waals surface area contributed by atoms with Gasteiger partial charge in [-0.05, 0) is 46.0 Å². The minimum Gasteiger partial charge on any atom is -0.307 e. The number of nitrogens with zero attached hydrogens (tertiary/aromatic N) is 5. The van der Waals surface area contributed by atoms with Crippen LogP contribution in [0.15, 0.2) is 224 Å². The lowest BCUT2D eigenvalue weighted by Crippen LogP contribution is -2.07. The van der Waals surface area contributed by atoms with Gasteiger partial charge in [0.2, 0.25) is 5.95 Å². The summed E-state index contributed by atoms with van der Waals surface area (Å²) in [6.07, 6.45) is 0. The largest absolute Gasteiger partial charge is 0.307 e. The molecular formula is C57H37N5. The van der Waals surface area contributed by atoms with Crippen molar-refractivity contribution in [1.82, 2.24) is 24.1 Å². The number of benzene rings is 9. The Balaban J connectivity index is 1.13. The summed E-state index contributed by atoms with van der Waals surface area (Å²) in [4.78, 5) is 15.8. The molecule has 0 saturated carbocycles. The van der Waals surface area contributed by atoms with Gasteiger partial charge in [-0.3, -0.25) is 4.57 Å². The molecular weight excluding hydrogens is 755 g/mol. The molecule has 0 fully saturated rings. The molecule has 0 radical (unpaired) electrons. The maximum Gasteiger partial charge on any atom is 0.238 e. The van der Waals surface area contributed by atoms with E-state index in [4.69, 9.17) is 15.0 Å². The summed E-state index contributed by atoms with van der Waals surface area (Å²) in [5.74, 6) is 1.78. The second-order valence-corrected chi connectivity index (χ2v) is 15.6. The van der Waals surface area contributed by atoms with Crippen molar-refractivity contribution in [3.05, 3.63) is 224 Å². The number of aromatic nitrogens is 5. The smallest absolute Gasteiger partial charge is 0.238 e. The van der Waals surface area contributed by atoms with Crippen LogP contribution in [0.25, 0.3) is 111 Å². The topological polar surface area (TPSA) is 48.5 Å². The maximum absolute atomic E-state index is 5.37. The van der Waals surface area contributed by atoms with Gasteiger partial charge in [-0.25, -0.2) is 4.98 Å². The normalized spacial score (nSPS) is 11.5. The van der Waals surface area contributed by atoms with E-state index in [9.17, 15) is 0 Å². The standard InChI is InChI=1S/C57H37N5/c1-4-16-38(17-5-1)40-28-32-42(33-29-40)45-22-10-13-25-50(45)61-51-26-14-11-23-46(51)48-36-37-49-47-24-12-15-27-52(47)62(54(49)53(48)61)57-59-55(43-20-8-3-9-21-43)58-56(60-57)44-34-30-41(31-35-44)39-18-6-2-7-19-39/h1-37H. The predicted molar refractivity (Wildman–Crippen MR) is 256 cm³/mol. The van der Waals surface area contributed by atoms with Crippen LogP contribution in [0.3, 0.4) is 0 Å². The Bertz CT molecular complexity index is 3590. The summed E-state index contributed by atoms with van der Waals surface area (Å²) < 4.78 is 4.71. The molecule has 12 aromatic rings. The zero-order valence-electron chi connectivity index (χ0n) is 33.6. The fourth-order valence-electron chi connectivity index (χ4n) is 9.10. The first-order valence-electron chi connectivity index (χ1n) is 21.0. The Morgan fingerprint density at radius 2 is 0.645 bits per heavy atom. The van der Waals surface area contributed by atoms with Crippen molar-refractivity contribution >= 4 is 43.6 Å². The minimum absolute atomic E-state index is 0.557. The molecule has 3 heterocycles. The highest BCUT2D eigenvalue weighted by atomic mass is 15.2. The Morgan fingerprint density at radius 1 is 0.258 bits per heavy atom. The molecule has 0 aliphatic heterocycles. The van der Waals surface area contributed by atoms with Gasteiger partial charge in [0.05, 0.1) is 27.8 Å². The van der Waals surface area contributed by atoms with Crippen molar-refractivity contribution in [3.8, 4) is 67.8 Å². The second kappa shape index (κ2) is 14.7. The van der Waals surface area contributed by atoms with E-state index in [0.29, 0.717) is 17.6 Å². The quantitative estimate of drug-likeness (QED) is 0.162. The van der Waals surface area contributed by atoms with Crippen molar-refractivity contribution in [1.29, 1.82) is 0 Å². The van der Waals surface area contributed by atoms with Gasteiger partial charge < -0.3 is 4.57 Å². The van der Waals surface area contributed by atoms with E-state index in [-0.39, 0.29) is 0 Å². The van der Waals surface area contributed by atoms with Crippen molar-refractivity contribution in [2.24, 2.45) is 0 Å². The monoisotopic (exact) mass is 791 g/mol. The molecule has 0 saturated heterocycles. The van der Waals surface area contributed by atoms with E-state index in [1.165, 1.54) is 16.5 Å². The number of hydrogen-bond donors (Lipinski definition) is 0. The molecule has 3 aromatic heterocycles. The molecule has 290 valence electrons. The van der Waals surface area contributed by atoms with E-state index in [1.807, 2.05) is 24.3 Å². The van der Waals surface area contributed by atoms with Crippen LogP contribution in [-0.2, 0) is 0 Å². The fourth-order valence-corrected chi connectivity index (χ4v) is 9.10. The zero-order valence-corrected chi connectivity index (χ0v) is 33.6. The van der Waals surface area contributed by atoms with Gasteiger partial charge in [0.1, 0.15) is 0 Å². The predicted octanol–water partition coefficient (Wildman–Crippen LogP) is 14.4. The van der Waals surface area contributed by atoms with Gasteiger partial charge in [-0.15, -0.1) is 0 Å². The number of para-hydroxylation sites is 3. The van der Waals surface area contributed by atoms with Gasteiger partial charge >= 0.3 is 0 Å². The number of hydrogen-bond acceptors (Lipinski definition) is 3. The molecule has 0 bridgehead atoms. The summed E-state index contributed by atoms with van der Waals surface area (Å²) in [5, 5.41) is 4.58. The number of fused-ring (bicyclic) bond motifs is 7. The van der Waals surface area contributed by atoms with E-state index >= 15 is 0 Å². The molecule has 5 heteroatoms. The van der Waals surface area contributed by atoms with Crippen LogP contribution in [0.2, 0.25) is 0 Å². The van der Waals surface area contributed by atoms with Crippen LogP contribution in [0.4, 0.5) is 0 Å². The summed E-state index contributed by atoms with van der Waals surface area (Å²) in [7, 11) is 0. The highest BCUT2D eigenvalue weighted by molar-refractivity contribution is 6.24. The van der Waals surface area contributed by atoms with Crippen LogP contribution < -0.4 is 0 Å². The average molecular weight is 792 g/mol. The van der Waals surface area contributed by atoms with E-state index < -0.39 is 0 Å². The molecule has 0 aliphatic rings. The maximum atomic E-state index is 5.37. The van der Waals surface area contributed by atoms with E-state index in [0.717, 1.165) is 77.3 Å². The molecule has 62 heavy (non-hydrogen) atoms. The summed E-state index contributed by atoms with van der Waals surface area (Å²) in [5.41, 5.74) is 14.2. The molecule has 0 N–H and O–H groups in total. The molecule has 0 atom stereocenters. The third kappa shape index (κ3) is 5.90. The van der Waals surface area contributed by atoms with Gasteiger partial charge in [-0.2, -0.15) is 9.97 Å². The van der Waals surface area contributed by atoms with Crippen LogP contribution in [0, 0.1) is 0 Å².